The number of hydrogen-bond donors (Lipinski definition) is 1. The lowest BCUT2D eigenvalue weighted by molar-refractivity contribution is 0.574. The summed E-state index contributed by atoms with van der Waals surface area (Å²) >= 11 is 0. The summed E-state index contributed by atoms with van der Waals surface area (Å²) in [5.41, 5.74) is 0. The van der Waals surface area contributed by atoms with Crippen LogP contribution in [0.2, 0.25) is 0 Å². The minimum Gasteiger partial charge on any atom is -0.312 e. The van der Waals surface area contributed by atoms with Crippen molar-refractivity contribution >= 4 is 35.7 Å². The van der Waals surface area contributed by atoms with E-state index >= 15 is 0 Å². The molecule has 5 heteroatoms. The predicted octanol–water partition coefficient (Wildman–Crippen LogP) is 4.48. The minimum absolute atomic E-state index is 0.0993. The Bertz CT molecular complexity index is 997. The smallest absolute Gasteiger partial charge is 0.205 e. The van der Waals surface area contributed by atoms with E-state index in [1.165, 1.54) is 0 Å². The Hall–Kier alpha value is -2.70. The first-order chi connectivity index (χ1) is 14.6. The van der Waals surface area contributed by atoms with Crippen molar-refractivity contribution in [3.05, 3.63) is 121 Å². The van der Waals surface area contributed by atoms with Gasteiger partial charge >= 0.3 is 0 Å². The van der Waals surface area contributed by atoms with E-state index < -0.39 is 14.4 Å². The van der Waals surface area contributed by atoms with Gasteiger partial charge in [0.25, 0.3) is 0 Å². The normalized spacial score (nSPS) is 11.9. The monoisotopic (exact) mass is 431 g/mol. The standard InChI is InChI=1S/C25H23NO2P2/c27-29(22-13-5-1-6-14-22,23-15-7-2-8-16-23)21-26-30(28,24-17-9-3-10-18-24)25-19-11-4-12-20-25/h1-20H,21H2,(H,26,28). The van der Waals surface area contributed by atoms with Crippen molar-refractivity contribution in [3.63, 3.8) is 0 Å². The zero-order chi connectivity index (χ0) is 20.9. The van der Waals surface area contributed by atoms with Crippen LogP contribution in [0.1, 0.15) is 0 Å². The summed E-state index contributed by atoms with van der Waals surface area (Å²) in [5.74, 6) is 0. The Morgan fingerprint density at radius 3 is 1.10 bits per heavy atom. The molecule has 0 aliphatic heterocycles. The summed E-state index contributed by atoms with van der Waals surface area (Å²) < 4.78 is 28.6. The van der Waals surface area contributed by atoms with Gasteiger partial charge < -0.3 is 4.57 Å². The van der Waals surface area contributed by atoms with Crippen molar-refractivity contribution in [2.75, 3.05) is 6.29 Å². The fourth-order valence-corrected chi connectivity index (χ4v) is 8.89. The Kier molecular flexibility index (Phi) is 6.16. The molecule has 0 saturated carbocycles. The average Bonchev–Trinajstić information content (AvgIpc) is 2.84. The van der Waals surface area contributed by atoms with Crippen LogP contribution in [0.4, 0.5) is 0 Å². The van der Waals surface area contributed by atoms with E-state index in [0.717, 1.165) is 10.6 Å². The van der Waals surface area contributed by atoms with E-state index in [9.17, 15) is 9.13 Å². The summed E-state index contributed by atoms with van der Waals surface area (Å²) in [5, 5.41) is 6.15. The molecule has 0 aliphatic carbocycles. The highest BCUT2D eigenvalue weighted by atomic mass is 31.2. The van der Waals surface area contributed by atoms with Crippen molar-refractivity contribution in [2.45, 2.75) is 0 Å². The van der Waals surface area contributed by atoms with Gasteiger partial charge in [0, 0.05) is 21.2 Å². The molecule has 0 amide bonds. The second kappa shape index (κ2) is 8.98. The number of benzene rings is 4. The molecule has 150 valence electrons. The Balaban J connectivity index is 1.78. The van der Waals surface area contributed by atoms with Crippen LogP contribution >= 0.6 is 14.4 Å². The predicted molar refractivity (Wildman–Crippen MR) is 128 cm³/mol. The minimum atomic E-state index is -3.18. The third-order valence-electron chi connectivity index (χ3n) is 5.10. The molecule has 4 aromatic carbocycles. The van der Waals surface area contributed by atoms with Crippen LogP contribution in [0.15, 0.2) is 121 Å². The van der Waals surface area contributed by atoms with Crippen LogP contribution < -0.4 is 26.3 Å². The van der Waals surface area contributed by atoms with E-state index in [-0.39, 0.29) is 6.29 Å². The van der Waals surface area contributed by atoms with Gasteiger partial charge in [-0.15, -0.1) is 0 Å². The molecular formula is C25H23NO2P2. The fraction of sp³-hybridized carbons (Fsp3) is 0.0400. The highest BCUT2D eigenvalue weighted by molar-refractivity contribution is 7.81. The topological polar surface area (TPSA) is 46.2 Å². The van der Waals surface area contributed by atoms with Crippen molar-refractivity contribution < 1.29 is 9.13 Å². The first-order valence-electron chi connectivity index (χ1n) is 9.80. The molecule has 0 aromatic heterocycles. The summed E-state index contributed by atoms with van der Waals surface area (Å²) in [7, 11) is -6.23. The largest absolute Gasteiger partial charge is 0.312 e. The maximum Gasteiger partial charge on any atom is 0.205 e. The molecule has 0 atom stereocenters. The second-order valence-electron chi connectivity index (χ2n) is 7.01. The first kappa shape index (κ1) is 20.6. The van der Waals surface area contributed by atoms with E-state index in [4.69, 9.17) is 0 Å². The first-order valence-corrected chi connectivity index (χ1v) is 13.4. The number of hydrogen-bond acceptors (Lipinski definition) is 2. The molecule has 30 heavy (non-hydrogen) atoms. The third kappa shape index (κ3) is 4.11. The maximum atomic E-state index is 14.3. The highest BCUT2D eigenvalue weighted by Gasteiger charge is 2.33. The number of nitrogens with one attached hydrogen (secondary N) is 1. The van der Waals surface area contributed by atoms with E-state index in [1.54, 1.807) is 0 Å². The molecule has 0 radical (unpaired) electrons. The highest BCUT2D eigenvalue weighted by Crippen LogP contribution is 2.47. The fourth-order valence-electron chi connectivity index (χ4n) is 3.48. The third-order valence-corrected chi connectivity index (χ3v) is 10.9. The zero-order valence-electron chi connectivity index (χ0n) is 16.5. The van der Waals surface area contributed by atoms with Crippen molar-refractivity contribution in [1.82, 2.24) is 5.09 Å². The lowest BCUT2D eigenvalue weighted by Crippen LogP contribution is -2.32. The average molecular weight is 431 g/mol. The van der Waals surface area contributed by atoms with Gasteiger partial charge in [0.1, 0.15) is 0 Å². The van der Waals surface area contributed by atoms with Crippen molar-refractivity contribution in [3.8, 4) is 0 Å². The van der Waals surface area contributed by atoms with Crippen LogP contribution in [0.3, 0.4) is 0 Å². The zero-order valence-corrected chi connectivity index (χ0v) is 18.3. The molecule has 0 fully saturated rings. The van der Waals surface area contributed by atoms with Gasteiger partial charge in [-0.05, 0) is 24.3 Å². The van der Waals surface area contributed by atoms with Gasteiger partial charge in [-0.25, -0.2) is 0 Å². The molecule has 0 unspecified atom stereocenters. The van der Waals surface area contributed by atoms with Gasteiger partial charge in [0.2, 0.25) is 7.29 Å². The second-order valence-corrected chi connectivity index (χ2v) is 12.4. The quantitative estimate of drug-likeness (QED) is 0.439. The lowest BCUT2D eigenvalue weighted by Gasteiger charge is -2.25. The molecule has 4 rings (SSSR count). The van der Waals surface area contributed by atoms with E-state index in [1.807, 2.05) is 121 Å². The van der Waals surface area contributed by atoms with Crippen LogP contribution in [0.25, 0.3) is 0 Å². The molecule has 0 saturated heterocycles. The summed E-state index contributed by atoms with van der Waals surface area (Å²) in [6.07, 6.45) is 0.0993. The van der Waals surface area contributed by atoms with Gasteiger partial charge in [-0.2, -0.15) is 0 Å². The van der Waals surface area contributed by atoms with Crippen LogP contribution in [-0.2, 0) is 9.13 Å². The van der Waals surface area contributed by atoms with Gasteiger partial charge in [0.05, 0.1) is 6.29 Å². The summed E-state index contributed by atoms with van der Waals surface area (Å²) in [6, 6.07) is 37.6. The molecule has 0 heterocycles. The van der Waals surface area contributed by atoms with E-state index in [0.29, 0.717) is 10.6 Å². The van der Waals surface area contributed by atoms with Crippen molar-refractivity contribution in [1.29, 1.82) is 0 Å². The molecular weight excluding hydrogens is 408 g/mol. The molecule has 4 aromatic rings. The summed E-state index contributed by atoms with van der Waals surface area (Å²) in [4.78, 5) is 0. The lowest BCUT2D eigenvalue weighted by atomic mass is 10.4. The Morgan fingerprint density at radius 1 is 0.467 bits per heavy atom. The summed E-state index contributed by atoms with van der Waals surface area (Å²) in [6.45, 7) is 0. The van der Waals surface area contributed by atoms with Gasteiger partial charge in [-0.3, -0.25) is 9.65 Å². The van der Waals surface area contributed by atoms with Gasteiger partial charge in [0.15, 0.2) is 7.14 Å². The Labute approximate surface area is 177 Å². The van der Waals surface area contributed by atoms with E-state index in [2.05, 4.69) is 5.09 Å². The van der Waals surface area contributed by atoms with Gasteiger partial charge in [-0.1, -0.05) is 97.1 Å². The van der Waals surface area contributed by atoms with Crippen LogP contribution in [-0.4, -0.2) is 6.29 Å². The molecule has 3 nitrogen and oxygen atoms in total. The Morgan fingerprint density at radius 2 is 0.767 bits per heavy atom. The molecule has 0 aliphatic rings. The SMILES string of the molecule is O=P(CNP(=O)(c1ccccc1)c1ccccc1)(c1ccccc1)c1ccccc1. The number of rotatable bonds is 7. The molecule has 0 bridgehead atoms. The van der Waals surface area contributed by atoms with Crippen molar-refractivity contribution in [2.24, 2.45) is 0 Å². The van der Waals surface area contributed by atoms with Crippen LogP contribution in [0, 0.1) is 0 Å². The van der Waals surface area contributed by atoms with Crippen LogP contribution in [0.5, 0.6) is 0 Å². The maximum absolute atomic E-state index is 14.3. The molecule has 0 spiro atoms. The molecule has 1 N–H and O–H groups in total.